The van der Waals surface area contributed by atoms with Crippen molar-refractivity contribution in [2.75, 3.05) is 18.1 Å². The van der Waals surface area contributed by atoms with E-state index in [-0.39, 0.29) is 5.41 Å². The molecule has 0 aliphatic rings. The van der Waals surface area contributed by atoms with Crippen LogP contribution < -0.4 is 5.73 Å². The van der Waals surface area contributed by atoms with Crippen molar-refractivity contribution in [3.05, 3.63) is 0 Å². The summed E-state index contributed by atoms with van der Waals surface area (Å²) < 4.78 is 11.6. The normalized spacial score (nSPS) is 15.7. The lowest BCUT2D eigenvalue weighted by Gasteiger charge is -2.14. The van der Waals surface area contributed by atoms with Gasteiger partial charge in [-0.05, 0) is 39.2 Å². The number of hydrogen-bond acceptors (Lipinski definition) is 3. The van der Waals surface area contributed by atoms with Crippen LogP contribution in [0.3, 0.4) is 0 Å². The lowest BCUT2D eigenvalue weighted by Crippen LogP contribution is -2.19. The number of nitrogens with two attached hydrogens (primary N) is 1. The summed E-state index contributed by atoms with van der Waals surface area (Å²) in [6.07, 6.45) is 1.66. The van der Waals surface area contributed by atoms with Crippen LogP contribution in [0.5, 0.6) is 0 Å². The molecule has 0 amide bonds. The molecule has 0 aromatic rings. The molecule has 0 aromatic carbocycles. The molecule has 0 saturated carbocycles. The van der Waals surface area contributed by atoms with Gasteiger partial charge in [0, 0.05) is 22.3 Å². The first kappa shape index (κ1) is 14.6. The van der Waals surface area contributed by atoms with Gasteiger partial charge in [0.25, 0.3) is 0 Å². The van der Waals surface area contributed by atoms with Crippen LogP contribution >= 0.6 is 0 Å². The average Bonchev–Trinajstić information content (AvgIpc) is 2.17. The number of nitriles is 1. The smallest absolute Gasteiger partial charge is 0.0683 e. The minimum absolute atomic E-state index is 0.288. The molecular formula is C11H22N2OS. The largest absolute Gasteiger partial charge is 0.330 e. The Morgan fingerprint density at radius 1 is 1.53 bits per heavy atom. The Morgan fingerprint density at radius 3 is 2.60 bits per heavy atom. The number of rotatable bonds is 7. The zero-order valence-corrected chi connectivity index (χ0v) is 10.8. The van der Waals surface area contributed by atoms with E-state index in [9.17, 15) is 4.21 Å². The maximum Gasteiger partial charge on any atom is 0.0683 e. The SMILES string of the molecule is CC(CN)CS(=O)CCCC(C)(C)C#N. The molecule has 0 bridgehead atoms. The molecule has 0 saturated heterocycles. The molecule has 0 fully saturated rings. The Balaban J connectivity index is 3.70. The van der Waals surface area contributed by atoms with Crippen LogP contribution in [0, 0.1) is 22.7 Å². The maximum absolute atomic E-state index is 11.6. The minimum Gasteiger partial charge on any atom is -0.330 e. The molecule has 0 aliphatic heterocycles. The van der Waals surface area contributed by atoms with Gasteiger partial charge in [-0.15, -0.1) is 0 Å². The van der Waals surface area contributed by atoms with E-state index >= 15 is 0 Å². The fourth-order valence-electron chi connectivity index (χ4n) is 1.20. The van der Waals surface area contributed by atoms with Gasteiger partial charge in [-0.2, -0.15) is 5.26 Å². The van der Waals surface area contributed by atoms with Crippen LogP contribution in [-0.4, -0.2) is 22.3 Å². The molecule has 0 spiro atoms. The molecule has 3 nitrogen and oxygen atoms in total. The Morgan fingerprint density at radius 2 is 2.13 bits per heavy atom. The van der Waals surface area contributed by atoms with Crippen LogP contribution in [0.15, 0.2) is 0 Å². The fraction of sp³-hybridized carbons (Fsp3) is 0.909. The topological polar surface area (TPSA) is 66.9 Å². The lowest BCUT2D eigenvalue weighted by molar-refractivity contribution is 0.446. The Bertz CT molecular complexity index is 245. The predicted molar refractivity (Wildman–Crippen MR) is 64.7 cm³/mol. The van der Waals surface area contributed by atoms with Crippen molar-refractivity contribution in [3.63, 3.8) is 0 Å². The summed E-state index contributed by atoms with van der Waals surface area (Å²) in [4.78, 5) is 0. The van der Waals surface area contributed by atoms with Crippen molar-refractivity contribution in [1.82, 2.24) is 0 Å². The first-order valence-electron chi connectivity index (χ1n) is 5.37. The van der Waals surface area contributed by atoms with E-state index in [0.717, 1.165) is 12.8 Å². The molecule has 2 N–H and O–H groups in total. The van der Waals surface area contributed by atoms with Gasteiger partial charge in [0.2, 0.25) is 0 Å². The Kier molecular flexibility index (Phi) is 6.78. The summed E-state index contributed by atoms with van der Waals surface area (Å²) in [5, 5.41) is 8.80. The molecule has 0 radical (unpaired) electrons. The van der Waals surface area contributed by atoms with Gasteiger partial charge < -0.3 is 5.73 Å². The highest BCUT2D eigenvalue weighted by Gasteiger charge is 2.16. The van der Waals surface area contributed by atoms with E-state index < -0.39 is 10.8 Å². The zero-order valence-electron chi connectivity index (χ0n) is 9.95. The van der Waals surface area contributed by atoms with Crippen molar-refractivity contribution in [3.8, 4) is 6.07 Å². The summed E-state index contributed by atoms with van der Waals surface area (Å²) >= 11 is 0. The molecule has 0 aliphatic carbocycles. The summed E-state index contributed by atoms with van der Waals surface area (Å²) in [5.74, 6) is 1.70. The second-order valence-electron chi connectivity index (χ2n) is 4.75. The molecule has 15 heavy (non-hydrogen) atoms. The van der Waals surface area contributed by atoms with Gasteiger partial charge in [0.1, 0.15) is 0 Å². The van der Waals surface area contributed by atoms with Crippen LogP contribution in [0.2, 0.25) is 0 Å². The first-order chi connectivity index (χ1) is 6.91. The van der Waals surface area contributed by atoms with Crippen LogP contribution in [0.4, 0.5) is 0 Å². The van der Waals surface area contributed by atoms with Gasteiger partial charge in [-0.1, -0.05) is 6.92 Å². The third-order valence-corrected chi connectivity index (χ3v) is 4.03. The van der Waals surface area contributed by atoms with E-state index in [0.29, 0.717) is 24.0 Å². The van der Waals surface area contributed by atoms with E-state index in [1.54, 1.807) is 0 Å². The van der Waals surface area contributed by atoms with Gasteiger partial charge in [-0.25, -0.2) is 0 Å². The predicted octanol–water partition coefficient (Wildman–Crippen LogP) is 1.66. The second-order valence-corrected chi connectivity index (χ2v) is 6.37. The number of nitrogens with zero attached hydrogens (tertiary/aromatic N) is 1. The number of hydrogen-bond donors (Lipinski definition) is 1. The van der Waals surface area contributed by atoms with Crippen molar-refractivity contribution >= 4 is 10.8 Å². The molecule has 0 rings (SSSR count). The summed E-state index contributed by atoms with van der Waals surface area (Å²) in [6, 6.07) is 2.25. The standard InChI is InChI=1S/C11H22N2OS/c1-10(7-12)8-15(14)6-4-5-11(2,3)9-13/h10H,4-8,12H2,1-3H3. The van der Waals surface area contributed by atoms with Gasteiger partial charge >= 0.3 is 0 Å². The minimum atomic E-state index is -0.776. The van der Waals surface area contributed by atoms with Gasteiger partial charge in [-0.3, -0.25) is 4.21 Å². The fourth-order valence-corrected chi connectivity index (χ4v) is 2.60. The maximum atomic E-state index is 11.6. The molecule has 2 unspecified atom stereocenters. The quantitative estimate of drug-likeness (QED) is 0.723. The average molecular weight is 230 g/mol. The molecule has 0 aromatic heterocycles. The van der Waals surface area contributed by atoms with Gasteiger partial charge in [0.15, 0.2) is 0 Å². The van der Waals surface area contributed by atoms with Crippen LogP contribution in [-0.2, 0) is 10.8 Å². The molecule has 0 heterocycles. The third-order valence-electron chi connectivity index (χ3n) is 2.35. The molecular weight excluding hydrogens is 208 g/mol. The zero-order chi connectivity index (χ0) is 11.9. The van der Waals surface area contributed by atoms with Crippen LogP contribution in [0.1, 0.15) is 33.6 Å². The summed E-state index contributed by atoms with van der Waals surface area (Å²) in [5.41, 5.74) is 5.17. The van der Waals surface area contributed by atoms with Gasteiger partial charge in [0.05, 0.1) is 11.5 Å². The monoisotopic (exact) mass is 230 g/mol. The lowest BCUT2D eigenvalue weighted by atomic mass is 9.90. The molecule has 4 heteroatoms. The Labute approximate surface area is 95.5 Å². The summed E-state index contributed by atoms with van der Waals surface area (Å²) in [6.45, 7) is 6.43. The third kappa shape index (κ3) is 7.52. The van der Waals surface area contributed by atoms with Crippen LogP contribution in [0.25, 0.3) is 0 Å². The molecule has 88 valence electrons. The highest BCUT2D eigenvalue weighted by Crippen LogP contribution is 2.20. The van der Waals surface area contributed by atoms with E-state index in [4.69, 9.17) is 11.0 Å². The Hall–Kier alpha value is -0.400. The van der Waals surface area contributed by atoms with E-state index in [2.05, 4.69) is 6.07 Å². The van der Waals surface area contributed by atoms with Crippen molar-refractivity contribution in [2.24, 2.45) is 17.1 Å². The first-order valence-corrected chi connectivity index (χ1v) is 6.86. The highest BCUT2D eigenvalue weighted by atomic mass is 32.2. The highest BCUT2D eigenvalue weighted by molar-refractivity contribution is 7.84. The molecule has 2 atom stereocenters. The van der Waals surface area contributed by atoms with Crippen molar-refractivity contribution in [1.29, 1.82) is 5.26 Å². The summed E-state index contributed by atoms with van der Waals surface area (Å²) in [7, 11) is -0.776. The second kappa shape index (κ2) is 6.97. The van der Waals surface area contributed by atoms with Crippen molar-refractivity contribution in [2.45, 2.75) is 33.6 Å². The van der Waals surface area contributed by atoms with Crippen molar-refractivity contribution < 1.29 is 4.21 Å². The van der Waals surface area contributed by atoms with E-state index in [1.165, 1.54) is 0 Å². The van der Waals surface area contributed by atoms with E-state index in [1.807, 2.05) is 20.8 Å².